The maximum Gasteiger partial charge on any atom is 0.0154 e. The minimum absolute atomic E-state index is 0.532. The van der Waals surface area contributed by atoms with Crippen molar-refractivity contribution in [2.75, 3.05) is 0 Å². The highest BCUT2D eigenvalue weighted by Crippen LogP contribution is 2.79. The van der Waals surface area contributed by atoms with Crippen molar-refractivity contribution in [3.8, 4) is 0 Å². The Balaban J connectivity index is 2.05. The zero-order valence-electron chi connectivity index (χ0n) is 9.54. The molecule has 0 aromatic heterocycles. The fourth-order valence-electron chi connectivity index (χ4n) is 4.20. The van der Waals surface area contributed by atoms with Crippen LogP contribution in [0.25, 0.3) is 0 Å². The Morgan fingerprint density at radius 2 is 2.07 bits per heavy atom. The first-order valence-corrected chi connectivity index (χ1v) is 5.97. The summed E-state index contributed by atoms with van der Waals surface area (Å²) in [6.45, 7) is 7.16. The first kappa shape index (κ1) is 8.15. The number of hydrogen-bond donors (Lipinski definition) is 0. The van der Waals surface area contributed by atoms with Gasteiger partial charge in [0.1, 0.15) is 0 Å². The number of benzene rings is 1. The number of aryl methyl sites for hydroxylation is 1. The summed E-state index contributed by atoms with van der Waals surface area (Å²) >= 11 is 0. The zero-order chi connectivity index (χ0) is 10.4. The van der Waals surface area contributed by atoms with E-state index in [2.05, 4.69) is 45.0 Å². The third kappa shape index (κ3) is 0.649. The maximum absolute atomic E-state index is 2.55. The third-order valence-electron chi connectivity index (χ3n) is 5.30. The molecular formula is C15H16. The molecule has 1 aromatic rings. The van der Waals surface area contributed by atoms with Gasteiger partial charge in [0.25, 0.3) is 0 Å². The maximum atomic E-state index is 2.55. The van der Waals surface area contributed by atoms with Crippen molar-refractivity contribution in [3.63, 3.8) is 0 Å². The quantitative estimate of drug-likeness (QED) is 0.554. The van der Waals surface area contributed by atoms with E-state index in [9.17, 15) is 0 Å². The van der Waals surface area contributed by atoms with Crippen LogP contribution in [0.4, 0.5) is 0 Å². The van der Waals surface area contributed by atoms with E-state index in [4.69, 9.17) is 0 Å². The molecular weight excluding hydrogens is 180 g/mol. The minimum atomic E-state index is 0.532. The molecule has 0 N–H and O–H groups in total. The molecule has 4 bridgehead atoms. The first-order chi connectivity index (χ1) is 7.15. The van der Waals surface area contributed by atoms with Crippen molar-refractivity contribution in [2.24, 2.45) is 11.3 Å². The molecule has 4 unspecified atom stereocenters. The van der Waals surface area contributed by atoms with E-state index in [0.29, 0.717) is 11.3 Å². The second kappa shape index (κ2) is 2.07. The van der Waals surface area contributed by atoms with Crippen LogP contribution in [-0.4, -0.2) is 0 Å². The molecule has 0 aliphatic heterocycles. The van der Waals surface area contributed by atoms with Crippen LogP contribution >= 0.6 is 0 Å². The summed E-state index contributed by atoms with van der Waals surface area (Å²) in [5.41, 5.74) is 7.06. The molecule has 1 fully saturated rings. The van der Waals surface area contributed by atoms with Crippen LogP contribution < -0.4 is 0 Å². The van der Waals surface area contributed by atoms with Gasteiger partial charge in [0, 0.05) is 17.3 Å². The van der Waals surface area contributed by atoms with Gasteiger partial charge in [-0.3, -0.25) is 0 Å². The van der Waals surface area contributed by atoms with Crippen LogP contribution in [0.5, 0.6) is 0 Å². The highest BCUT2D eigenvalue weighted by atomic mass is 14.7. The zero-order valence-corrected chi connectivity index (χ0v) is 9.54. The van der Waals surface area contributed by atoms with Crippen LogP contribution in [0.3, 0.4) is 0 Å². The van der Waals surface area contributed by atoms with Gasteiger partial charge in [-0.25, -0.2) is 0 Å². The second-order valence-corrected chi connectivity index (χ2v) is 5.73. The fourth-order valence-corrected chi connectivity index (χ4v) is 4.20. The van der Waals surface area contributed by atoms with E-state index < -0.39 is 0 Å². The molecule has 0 heterocycles. The van der Waals surface area contributed by atoms with E-state index in [1.165, 1.54) is 5.56 Å². The Kier molecular flexibility index (Phi) is 1.12. The van der Waals surface area contributed by atoms with Crippen molar-refractivity contribution in [2.45, 2.75) is 32.6 Å². The summed E-state index contributed by atoms with van der Waals surface area (Å²) in [5.74, 6) is 2.31. The SMILES string of the molecule is Cc1cccc2c1C1C3=CC2C(C)C31C. The monoisotopic (exact) mass is 196 g/mol. The minimum Gasteiger partial charge on any atom is -0.0762 e. The van der Waals surface area contributed by atoms with Crippen molar-refractivity contribution in [1.82, 2.24) is 0 Å². The standard InChI is InChI=1S/C15H16/c1-8-5-4-6-10-11-7-12-14(13(8)10)15(12,3)9(11)2/h4-7,9,11,14H,1-3H3. The molecule has 76 valence electrons. The van der Waals surface area contributed by atoms with Crippen LogP contribution in [0.1, 0.15) is 42.4 Å². The molecule has 0 saturated heterocycles. The van der Waals surface area contributed by atoms with E-state index in [0.717, 1.165) is 11.8 Å². The van der Waals surface area contributed by atoms with Crippen LogP contribution in [0, 0.1) is 18.3 Å². The lowest BCUT2D eigenvalue weighted by Gasteiger charge is -2.33. The summed E-state index contributed by atoms with van der Waals surface area (Å²) in [6, 6.07) is 6.83. The van der Waals surface area contributed by atoms with Gasteiger partial charge >= 0.3 is 0 Å². The van der Waals surface area contributed by atoms with Gasteiger partial charge in [0.15, 0.2) is 0 Å². The van der Waals surface area contributed by atoms with Crippen LogP contribution in [0.2, 0.25) is 0 Å². The van der Waals surface area contributed by atoms with E-state index >= 15 is 0 Å². The summed E-state index contributed by atoms with van der Waals surface area (Å²) < 4.78 is 0. The normalized spacial score (nSPS) is 43.7. The summed E-state index contributed by atoms with van der Waals surface area (Å²) in [5, 5.41) is 0. The lowest BCUT2D eigenvalue weighted by atomic mass is 9.70. The summed E-state index contributed by atoms with van der Waals surface area (Å²) in [6.07, 6.45) is 2.55. The Labute approximate surface area is 91.0 Å². The van der Waals surface area contributed by atoms with Crippen molar-refractivity contribution < 1.29 is 0 Å². The summed E-state index contributed by atoms with van der Waals surface area (Å²) in [4.78, 5) is 0. The molecule has 4 atom stereocenters. The molecule has 15 heavy (non-hydrogen) atoms. The summed E-state index contributed by atoms with van der Waals surface area (Å²) in [7, 11) is 0. The highest BCUT2D eigenvalue weighted by Gasteiger charge is 2.68. The molecule has 0 nitrogen and oxygen atoms in total. The molecule has 1 saturated carbocycles. The average Bonchev–Trinajstić information content (AvgIpc) is 2.76. The topological polar surface area (TPSA) is 0 Å². The van der Waals surface area contributed by atoms with Crippen LogP contribution in [-0.2, 0) is 0 Å². The smallest absolute Gasteiger partial charge is 0.0154 e. The van der Waals surface area contributed by atoms with Gasteiger partial charge in [0.05, 0.1) is 0 Å². The molecule has 0 radical (unpaired) electrons. The predicted molar refractivity (Wildman–Crippen MR) is 62.0 cm³/mol. The number of rotatable bonds is 0. The van der Waals surface area contributed by atoms with Gasteiger partial charge in [-0.1, -0.05) is 43.7 Å². The highest BCUT2D eigenvalue weighted by molar-refractivity contribution is 5.66. The molecule has 0 heteroatoms. The van der Waals surface area contributed by atoms with Crippen molar-refractivity contribution >= 4 is 0 Å². The Bertz CT molecular complexity index is 509. The Morgan fingerprint density at radius 3 is 2.73 bits per heavy atom. The molecule has 4 aliphatic carbocycles. The van der Waals surface area contributed by atoms with Gasteiger partial charge in [0.2, 0.25) is 0 Å². The molecule has 5 rings (SSSR count). The number of allylic oxidation sites excluding steroid dienone is 2. The van der Waals surface area contributed by atoms with Gasteiger partial charge in [-0.15, -0.1) is 0 Å². The van der Waals surface area contributed by atoms with Crippen LogP contribution in [0.15, 0.2) is 29.8 Å². The third-order valence-corrected chi connectivity index (χ3v) is 5.30. The average molecular weight is 196 g/mol. The first-order valence-electron chi connectivity index (χ1n) is 5.97. The second-order valence-electron chi connectivity index (χ2n) is 5.73. The Morgan fingerprint density at radius 1 is 1.27 bits per heavy atom. The van der Waals surface area contributed by atoms with Crippen molar-refractivity contribution in [1.29, 1.82) is 0 Å². The van der Waals surface area contributed by atoms with Crippen molar-refractivity contribution in [3.05, 3.63) is 46.5 Å². The van der Waals surface area contributed by atoms with Gasteiger partial charge in [-0.2, -0.15) is 0 Å². The molecule has 4 aliphatic rings. The molecule has 0 amide bonds. The number of hydrogen-bond acceptors (Lipinski definition) is 0. The Hall–Kier alpha value is -1.04. The van der Waals surface area contributed by atoms with E-state index in [-0.39, 0.29) is 0 Å². The lowest BCUT2D eigenvalue weighted by molar-refractivity contribution is 0.334. The van der Waals surface area contributed by atoms with E-state index in [1.54, 1.807) is 16.7 Å². The predicted octanol–water partition coefficient (Wildman–Crippen LogP) is 3.77. The van der Waals surface area contributed by atoms with Gasteiger partial charge < -0.3 is 0 Å². The fraction of sp³-hybridized carbons (Fsp3) is 0.467. The van der Waals surface area contributed by atoms with Gasteiger partial charge in [-0.05, 0) is 29.5 Å². The molecule has 0 spiro atoms. The van der Waals surface area contributed by atoms with E-state index in [1.807, 2.05) is 0 Å². The lowest BCUT2D eigenvalue weighted by Crippen LogP contribution is -2.23. The largest absolute Gasteiger partial charge is 0.0762 e. The molecule has 1 aromatic carbocycles.